The molecule has 1 aromatic heterocycles. The number of hydrogen-bond acceptors (Lipinski definition) is 4. The van der Waals surface area contributed by atoms with Crippen LogP contribution < -0.4 is 0 Å². The Bertz CT molecular complexity index is 1270. The summed E-state index contributed by atoms with van der Waals surface area (Å²) in [7, 11) is 0. The van der Waals surface area contributed by atoms with Gasteiger partial charge in [0.05, 0.1) is 5.69 Å². The molecular weight excluding hydrogens is 658 g/mol. The highest BCUT2D eigenvalue weighted by Gasteiger charge is 2.37. The number of benzene rings is 1. The number of carbonyl (C=O) groups is 2. The Morgan fingerprint density at radius 3 is 2.30 bits per heavy atom. The van der Waals surface area contributed by atoms with Crippen LogP contribution in [-0.4, -0.2) is 58.6 Å². The lowest BCUT2D eigenvalue weighted by molar-refractivity contribution is -0.134. The summed E-state index contributed by atoms with van der Waals surface area (Å²) < 4.78 is 7.57. The van der Waals surface area contributed by atoms with Crippen molar-refractivity contribution in [1.82, 2.24) is 14.8 Å². The average molecular weight is 696 g/mol. The van der Waals surface area contributed by atoms with Crippen molar-refractivity contribution in [3.05, 3.63) is 60.7 Å². The Kier molecular flexibility index (Phi) is 9.18. The lowest BCUT2D eigenvalue weighted by atomic mass is 9.76. The summed E-state index contributed by atoms with van der Waals surface area (Å²) in [4.78, 5) is 34.5. The van der Waals surface area contributed by atoms with E-state index in [-0.39, 0.29) is 17.9 Å². The minimum Gasteiger partial charge on any atom is -0.444 e. The van der Waals surface area contributed by atoms with Gasteiger partial charge in [0.25, 0.3) is 0 Å². The number of halogens is 3. The zero-order valence-corrected chi connectivity index (χ0v) is 27.4. The first-order valence-electron chi connectivity index (χ1n) is 14.4. The summed E-state index contributed by atoms with van der Waals surface area (Å²) >= 11 is 13.9. The molecule has 1 aliphatic carbocycles. The lowest BCUT2D eigenvalue weighted by Gasteiger charge is -2.38. The molecule has 5 rings (SSSR count). The first-order chi connectivity index (χ1) is 19.0. The smallest absolute Gasteiger partial charge is 0.410 e. The zero-order chi connectivity index (χ0) is 28.6. The molecule has 0 saturated carbocycles. The quantitative estimate of drug-likeness (QED) is 0.329. The maximum absolute atomic E-state index is 13.3. The van der Waals surface area contributed by atoms with Gasteiger partial charge in [-0.3, -0.25) is 9.78 Å². The van der Waals surface area contributed by atoms with Gasteiger partial charge in [-0.25, -0.2) is 4.79 Å². The van der Waals surface area contributed by atoms with Gasteiger partial charge in [-0.2, -0.15) is 0 Å². The highest BCUT2D eigenvalue weighted by Crippen LogP contribution is 2.46. The van der Waals surface area contributed by atoms with Crippen molar-refractivity contribution in [2.75, 3.05) is 26.2 Å². The molecule has 2 fully saturated rings. The van der Waals surface area contributed by atoms with Crippen LogP contribution in [0.1, 0.15) is 81.2 Å². The Labute approximate surface area is 259 Å². The molecule has 216 valence electrons. The summed E-state index contributed by atoms with van der Waals surface area (Å²) in [5, 5.41) is 0.752. The second-order valence-corrected chi connectivity index (χ2v) is 14.7. The van der Waals surface area contributed by atoms with Crippen LogP contribution in [-0.2, 0) is 22.4 Å². The van der Waals surface area contributed by atoms with E-state index < -0.39 is 5.60 Å². The number of pyridine rings is 1. The molecule has 1 unspecified atom stereocenters. The number of rotatable bonds is 3. The van der Waals surface area contributed by atoms with Gasteiger partial charge in [0.2, 0.25) is 5.91 Å². The van der Waals surface area contributed by atoms with Gasteiger partial charge in [0.15, 0.2) is 0 Å². The van der Waals surface area contributed by atoms with E-state index in [2.05, 4.69) is 48.9 Å². The first kappa shape index (κ1) is 29.8. The topological polar surface area (TPSA) is 62.7 Å². The van der Waals surface area contributed by atoms with Crippen LogP contribution in [0.25, 0.3) is 0 Å². The summed E-state index contributed by atoms with van der Waals surface area (Å²) in [5.74, 6) is 1.11. The van der Waals surface area contributed by atoms with E-state index in [1.165, 1.54) is 16.7 Å². The maximum Gasteiger partial charge on any atom is 0.410 e. The molecule has 0 radical (unpaired) electrons. The van der Waals surface area contributed by atoms with Gasteiger partial charge in [-0.15, -0.1) is 0 Å². The number of fused-ring (bicyclic) bond motifs is 2. The number of ether oxygens (including phenoxy) is 1. The van der Waals surface area contributed by atoms with Crippen molar-refractivity contribution >= 4 is 55.5 Å². The Hall–Kier alpha value is -1.64. The highest BCUT2D eigenvalue weighted by molar-refractivity contribution is 9.10. The molecule has 40 heavy (non-hydrogen) atoms. The van der Waals surface area contributed by atoms with Gasteiger partial charge in [0.1, 0.15) is 5.60 Å². The van der Waals surface area contributed by atoms with Crippen LogP contribution in [0, 0.1) is 11.8 Å². The van der Waals surface area contributed by atoms with Crippen LogP contribution in [0.3, 0.4) is 0 Å². The number of amides is 2. The molecule has 0 N–H and O–H groups in total. The maximum atomic E-state index is 13.3. The van der Waals surface area contributed by atoms with Gasteiger partial charge in [0, 0.05) is 58.7 Å². The summed E-state index contributed by atoms with van der Waals surface area (Å²) in [5.41, 5.74) is 4.54. The Balaban J connectivity index is 1.23. The van der Waals surface area contributed by atoms with E-state index >= 15 is 0 Å². The van der Waals surface area contributed by atoms with Crippen LogP contribution in [0.2, 0.25) is 5.02 Å². The number of aryl methyl sites for hydroxylation is 2. The highest BCUT2D eigenvalue weighted by atomic mass is 79.9. The lowest BCUT2D eigenvalue weighted by Crippen LogP contribution is -2.44. The number of aromatic nitrogens is 1. The number of piperidine rings is 2. The molecule has 2 aromatic rings. The van der Waals surface area contributed by atoms with E-state index in [0.717, 1.165) is 71.3 Å². The van der Waals surface area contributed by atoms with Crippen LogP contribution >= 0.6 is 43.5 Å². The molecule has 0 spiro atoms. The second kappa shape index (κ2) is 12.3. The SMILES string of the molecule is CC(C)(C)OC(=O)N1CCC(CC(=O)N2CCC(C3c4ncc(Br)cc4CCc4cc(Cl)cc(Br)c43)CC2)CC1. The molecule has 1 aromatic carbocycles. The normalized spacial score (nSPS) is 20.5. The van der Waals surface area contributed by atoms with Crippen molar-refractivity contribution in [2.45, 2.75) is 77.2 Å². The molecule has 9 heteroatoms. The minimum absolute atomic E-state index is 0.168. The molecule has 6 nitrogen and oxygen atoms in total. The number of likely N-dealkylation sites (tertiary alicyclic amines) is 2. The fourth-order valence-corrected chi connectivity index (χ4v) is 8.03. The fraction of sp³-hybridized carbons (Fsp3) is 0.581. The van der Waals surface area contributed by atoms with Gasteiger partial charge in [-0.1, -0.05) is 27.5 Å². The third kappa shape index (κ3) is 6.87. The average Bonchev–Trinajstić information content (AvgIpc) is 3.05. The largest absolute Gasteiger partial charge is 0.444 e. The van der Waals surface area contributed by atoms with Gasteiger partial charge >= 0.3 is 6.09 Å². The molecule has 3 heterocycles. The molecule has 0 bridgehead atoms. The van der Waals surface area contributed by atoms with E-state index in [1.807, 2.05) is 33.0 Å². The van der Waals surface area contributed by atoms with Crippen molar-refractivity contribution < 1.29 is 14.3 Å². The monoisotopic (exact) mass is 693 g/mol. The van der Waals surface area contributed by atoms with Gasteiger partial charge in [-0.05, 0) is 122 Å². The van der Waals surface area contributed by atoms with Crippen LogP contribution in [0.5, 0.6) is 0 Å². The van der Waals surface area contributed by atoms with Crippen molar-refractivity contribution in [2.24, 2.45) is 11.8 Å². The number of nitrogens with zero attached hydrogens (tertiary/aromatic N) is 3. The Morgan fingerprint density at radius 1 is 0.975 bits per heavy atom. The molecule has 1 atom stereocenters. The number of carbonyl (C=O) groups excluding carboxylic acids is 2. The summed E-state index contributed by atoms with van der Waals surface area (Å²) in [6.07, 6.45) is 7.65. The van der Waals surface area contributed by atoms with Crippen molar-refractivity contribution in [3.8, 4) is 0 Å². The minimum atomic E-state index is -0.493. The van der Waals surface area contributed by atoms with Crippen molar-refractivity contribution in [1.29, 1.82) is 0 Å². The van der Waals surface area contributed by atoms with Crippen LogP contribution in [0.15, 0.2) is 33.3 Å². The second-order valence-electron chi connectivity index (χ2n) is 12.5. The summed E-state index contributed by atoms with van der Waals surface area (Å²) in [6.45, 7) is 8.49. The van der Waals surface area contributed by atoms with Crippen LogP contribution in [0.4, 0.5) is 4.79 Å². The molecule has 2 aliphatic heterocycles. The zero-order valence-electron chi connectivity index (χ0n) is 23.5. The molecular formula is C31H38Br2ClN3O3. The summed E-state index contributed by atoms with van der Waals surface area (Å²) in [6, 6.07) is 6.33. The molecule has 2 saturated heterocycles. The predicted octanol–water partition coefficient (Wildman–Crippen LogP) is 7.77. The van der Waals surface area contributed by atoms with E-state index in [1.54, 1.807) is 4.90 Å². The molecule has 2 amide bonds. The predicted molar refractivity (Wildman–Crippen MR) is 165 cm³/mol. The molecule has 3 aliphatic rings. The fourth-order valence-electron chi connectivity index (χ4n) is 6.53. The van der Waals surface area contributed by atoms with Crippen molar-refractivity contribution in [3.63, 3.8) is 0 Å². The third-order valence-electron chi connectivity index (χ3n) is 8.51. The third-order valence-corrected chi connectivity index (χ3v) is 9.82. The standard InChI is InChI=1S/C31H38Br2ClN3O3/c1-31(2,3)40-30(39)37-10-6-19(7-11-37)14-26(38)36-12-8-20(9-13-36)28-27-21(16-24(34)17-25(27)33)4-5-22-15-23(32)18-35-29(22)28/h15-20,28H,4-14H2,1-3H3. The first-order valence-corrected chi connectivity index (χ1v) is 16.3. The van der Waals surface area contributed by atoms with E-state index in [4.69, 9.17) is 21.3 Å². The van der Waals surface area contributed by atoms with Gasteiger partial charge < -0.3 is 14.5 Å². The van der Waals surface area contributed by atoms with E-state index in [9.17, 15) is 9.59 Å². The Morgan fingerprint density at radius 2 is 1.62 bits per heavy atom. The number of hydrogen-bond donors (Lipinski definition) is 0. The van der Waals surface area contributed by atoms with E-state index in [0.29, 0.717) is 31.3 Å².